The molecule has 3 aromatic carbocycles. The van der Waals surface area contributed by atoms with Crippen molar-refractivity contribution in [3.05, 3.63) is 71.8 Å². The Hall–Kier alpha value is -3.87. The minimum atomic E-state index is -0.541. The molecule has 31 heavy (non-hydrogen) atoms. The van der Waals surface area contributed by atoms with Crippen LogP contribution in [0.4, 0.5) is 5.69 Å². The summed E-state index contributed by atoms with van der Waals surface area (Å²) in [6.45, 7) is 1.60. The number of rotatable bonds is 7. The van der Waals surface area contributed by atoms with Crippen LogP contribution in [0.25, 0.3) is 10.8 Å². The van der Waals surface area contributed by atoms with Gasteiger partial charge in [0.1, 0.15) is 12.3 Å². The minimum absolute atomic E-state index is 0.194. The molecule has 0 bridgehead atoms. The average Bonchev–Trinajstić information content (AvgIpc) is 2.81. The number of carbonyl (C=O) groups is 3. The molecule has 2 N–H and O–H groups in total. The normalized spacial score (nSPS) is 11.5. The molecule has 0 aliphatic rings. The Kier molecular flexibility index (Phi) is 6.87. The van der Waals surface area contributed by atoms with Gasteiger partial charge in [0.15, 0.2) is 0 Å². The Morgan fingerprint density at radius 2 is 1.68 bits per heavy atom. The Balaban J connectivity index is 1.70. The molecule has 3 aromatic rings. The number of ether oxygens (including phenoxy) is 2. The second-order valence-electron chi connectivity index (χ2n) is 7.02. The predicted octanol–water partition coefficient (Wildman–Crippen LogP) is 3.49. The highest BCUT2D eigenvalue weighted by molar-refractivity contribution is 6.00. The van der Waals surface area contributed by atoms with E-state index >= 15 is 0 Å². The van der Waals surface area contributed by atoms with Crippen LogP contribution < -0.4 is 15.4 Å². The van der Waals surface area contributed by atoms with Crippen LogP contribution in [0.2, 0.25) is 0 Å². The Morgan fingerprint density at radius 1 is 0.935 bits per heavy atom. The number of carbonyl (C=O) groups excluding carboxylic acids is 3. The summed E-state index contributed by atoms with van der Waals surface area (Å²) in [7, 11) is 2.87. The smallest absolute Gasteiger partial charge is 0.325 e. The van der Waals surface area contributed by atoms with Crippen LogP contribution in [0.5, 0.6) is 5.75 Å². The quantitative estimate of drug-likeness (QED) is 0.571. The molecule has 1 atom stereocenters. The number of esters is 1. The van der Waals surface area contributed by atoms with E-state index in [1.165, 1.54) is 7.11 Å². The number of methoxy groups -OCH3 is 2. The summed E-state index contributed by atoms with van der Waals surface area (Å²) in [5, 5.41) is 7.36. The number of nitrogens with one attached hydrogen (secondary N) is 2. The monoisotopic (exact) mass is 420 g/mol. The average molecular weight is 420 g/mol. The molecule has 0 aromatic heterocycles. The van der Waals surface area contributed by atoms with E-state index in [1.807, 2.05) is 43.3 Å². The molecule has 160 valence electrons. The van der Waals surface area contributed by atoms with Crippen LogP contribution in [-0.2, 0) is 14.3 Å². The summed E-state index contributed by atoms with van der Waals surface area (Å²) in [6, 6.07) is 18.2. The maximum Gasteiger partial charge on any atom is 0.325 e. The first-order chi connectivity index (χ1) is 14.9. The lowest BCUT2D eigenvalue weighted by atomic mass is 9.97. The molecule has 0 saturated heterocycles. The van der Waals surface area contributed by atoms with Crippen LogP contribution in [0.15, 0.2) is 60.7 Å². The molecule has 0 radical (unpaired) electrons. The van der Waals surface area contributed by atoms with Crippen molar-refractivity contribution in [2.45, 2.75) is 12.8 Å². The lowest BCUT2D eigenvalue weighted by molar-refractivity contribution is -0.139. The standard InChI is InChI=1S/C24H24N2O5/c1-15(16-7-8-18-13-21(30-2)10-9-17(18)11-16)23(28)26-20-6-4-5-19(12-20)24(29)25-14-22(27)31-3/h4-13,15H,14H2,1-3H3,(H,25,29)(H,26,28)/t15-/m0/s1. The SMILES string of the molecule is COC(=O)CNC(=O)c1cccc(NC(=O)[C@@H](C)c2ccc3cc(OC)ccc3c2)c1. The summed E-state index contributed by atoms with van der Waals surface area (Å²) in [5.41, 5.74) is 1.70. The highest BCUT2D eigenvalue weighted by atomic mass is 16.5. The predicted molar refractivity (Wildman–Crippen MR) is 118 cm³/mol. The zero-order chi connectivity index (χ0) is 22.4. The van der Waals surface area contributed by atoms with Crippen LogP contribution in [0.1, 0.15) is 28.8 Å². The van der Waals surface area contributed by atoms with Crippen molar-refractivity contribution in [3.63, 3.8) is 0 Å². The van der Waals surface area contributed by atoms with Gasteiger partial charge in [-0.1, -0.05) is 30.3 Å². The maximum atomic E-state index is 12.8. The number of amides is 2. The third-order valence-electron chi connectivity index (χ3n) is 4.98. The van der Waals surface area contributed by atoms with E-state index in [4.69, 9.17) is 4.74 Å². The number of fused-ring (bicyclic) bond motifs is 1. The fourth-order valence-electron chi connectivity index (χ4n) is 3.11. The second-order valence-corrected chi connectivity index (χ2v) is 7.02. The first-order valence-electron chi connectivity index (χ1n) is 9.75. The fourth-order valence-corrected chi connectivity index (χ4v) is 3.11. The molecular weight excluding hydrogens is 396 g/mol. The van der Waals surface area contributed by atoms with Crippen LogP contribution in [0.3, 0.4) is 0 Å². The maximum absolute atomic E-state index is 12.8. The van der Waals surface area contributed by atoms with Crippen LogP contribution in [-0.4, -0.2) is 38.5 Å². The number of hydrogen-bond donors (Lipinski definition) is 2. The fraction of sp³-hybridized carbons (Fsp3) is 0.208. The molecule has 0 aliphatic heterocycles. The third kappa shape index (κ3) is 5.39. The second kappa shape index (κ2) is 9.75. The highest BCUT2D eigenvalue weighted by Gasteiger charge is 2.17. The largest absolute Gasteiger partial charge is 0.497 e. The molecule has 7 nitrogen and oxygen atoms in total. The zero-order valence-electron chi connectivity index (χ0n) is 17.6. The number of benzene rings is 3. The van der Waals surface area contributed by atoms with Crippen molar-refractivity contribution in [2.75, 3.05) is 26.1 Å². The van der Waals surface area contributed by atoms with Crippen LogP contribution >= 0.6 is 0 Å². The molecule has 0 fully saturated rings. The highest BCUT2D eigenvalue weighted by Crippen LogP contribution is 2.26. The molecule has 0 aliphatic carbocycles. The van der Waals surface area contributed by atoms with Crippen molar-refractivity contribution >= 4 is 34.2 Å². The van der Waals surface area contributed by atoms with E-state index in [0.717, 1.165) is 22.1 Å². The van der Waals surface area contributed by atoms with Gasteiger partial charge in [-0.25, -0.2) is 0 Å². The summed E-state index contributed by atoms with van der Waals surface area (Å²) >= 11 is 0. The van der Waals surface area contributed by atoms with Crippen molar-refractivity contribution in [1.82, 2.24) is 5.32 Å². The van der Waals surface area contributed by atoms with Gasteiger partial charge < -0.3 is 20.1 Å². The summed E-state index contributed by atoms with van der Waals surface area (Å²) in [5.74, 6) is -0.787. The Labute approximate surface area is 180 Å². The lowest BCUT2D eigenvalue weighted by Crippen LogP contribution is -2.30. The van der Waals surface area contributed by atoms with E-state index in [1.54, 1.807) is 31.4 Å². The van der Waals surface area contributed by atoms with E-state index < -0.39 is 17.8 Å². The first-order valence-corrected chi connectivity index (χ1v) is 9.75. The van der Waals surface area contributed by atoms with Crippen molar-refractivity contribution in [1.29, 1.82) is 0 Å². The van der Waals surface area contributed by atoms with Crippen molar-refractivity contribution in [2.24, 2.45) is 0 Å². The van der Waals surface area contributed by atoms with E-state index in [9.17, 15) is 14.4 Å². The number of anilines is 1. The van der Waals surface area contributed by atoms with Gasteiger partial charge in [0.25, 0.3) is 5.91 Å². The number of hydrogen-bond acceptors (Lipinski definition) is 5. The van der Waals surface area contributed by atoms with Gasteiger partial charge in [-0.2, -0.15) is 0 Å². The minimum Gasteiger partial charge on any atom is -0.497 e. The third-order valence-corrected chi connectivity index (χ3v) is 4.98. The van der Waals surface area contributed by atoms with Gasteiger partial charge in [0.05, 0.1) is 20.1 Å². The summed E-state index contributed by atoms with van der Waals surface area (Å²) < 4.78 is 9.75. The first kappa shape index (κ1) is 21.8. The molecule has 2 amide bonds. The van der Waals surface area contributed by atoms with Gasteiger partial charge in [-0.3, -0.25) is 14.4 Å². The molecule has 3 rings (SSSR count). The van der Waals surface area contributed by atoms with Gasteiger partial charge in [-0.15, -0.1) is 0 Å². The lowest BCUT2D eigenvalue weighted by Gasteiger charge is -2.14. The Bertz CT molecular complexity index is 1130. The van der Waals surface area contributed by atoms with Crippen LogP contribution in [0, 0.1) is 0 Å². The zero-order valence-corrected chi connectivity index (χ0v) is 17.6. The Morgan fingerprint density at radius 3 is 2.42 bits per heavy atom. The molecule has 0 heterocycles. The molecule has 7 heteroatoms. The van der Waals surface area contributed by atoms with Gasteiger partial charge in [-0.05, 0) is 53.6 Å². The van der Waals surface area contributed by atoms with E-state index in [-0.39, 0.29) is 12.5 Å². The van der Waals surface area contributed by atoms with Crippen molar-refractivity contribution < 1.29 is 23.9 Å². The summed E-state index contributed by atoms with van der Waals surface area (Å²) in [4.78, 5) is 36.2. The van der Waals surface area contributed by atoms with Gasteiger partial charge in [0.2, 0.25) is 5.91 Å². The summed E-state index contributed by atoms with van der Waals surface area (Å²) in [6.07, 6.45) is 0. The topological polar surface area (TPSA) is 93.7 Å². The van der Waals surface area contributed by atoms with E-state index in [2.05, 4.69) is 15.4 Å². The van der Waals surface area contributed by atoms with Gasteiger partial charge >= 0.3 is 5.97 Å². The van der Waals surface area contributed by atoms with Crippen molar-refractivity contribution in [3.8, 4) is 5.75 Å². The van der Waals surface area contributed by atoms with E-state index in [0.29, 0.717) is 11.3 Å². The molecular formula is C24H24N2O5. The molecule has 0 saturated carbocycles. The molecule has 0 unspecified atom stereocenters. The van der Waals surface area contributed by atoms with Gasteiger partial charge in [0, 0.05) is 11.3 Å². The molecule has 0 spiro atoms.